The van der Waals surface area contributed by atoms with E-state index in [0.29, 0.717) is 0 Å². The second-order valence-electron chi connectivity index (χ2n) is 5.63. The Hall–Kier alpha value is -1.58. The summed E-state index contributed by atoms with van der Waals surface area (Å²) in [4.78, 5) is 2.36. The van der Waals surface area contributed by atoms with Gasteiger partial charge in [-0.25, -0.2) is 0 Å². The van der Waals surface area contributed by atoms with Crippen LogP contribution in [0, 0.1) is 0 Å². The molecule has 1 aliphatic rings. The fourth-order valence-electron chi connectivity index (χ4n) is 3.39. The molecule has 106 valence electrons. The first-order valence-electron chi connectivity index (χ1n) is 7.24. The summed E-state index contributed by atoms with van der Waals surface area (Å²) in [6.07, 6.45) is 2.24. The molecule has 2 atom stereocenters. The first-order chi connectivity index (χ1) is 9.72. The number of fused-ring (bicyclic) bond motifs is 1. The molecule has 1 saturated heterocycles. The van der Waals surface area contributed by atoms with Gasteiger partial charge in [0.05, 0.1) is 13.2 Å². The van der Waals surface area contributed by atoms with E-state index in [0.717, 1.165) is 18.7 Å². The summed E-state index contributed by atoms with van der Waals surface area (Å²) in [6, 6.07) is 13.0. The SMILES string of the molecule is COc1ccc2ccccc2c1C1C(N)CCCN1C. The molecule has 0 aromatic heterocycles. The van der Waals surface area contributed by atoms with E-state index in [4.69, 9.17) is 10.5 Å². The van der Waals surface area contributed by atoms with E-state index < -0.39 is 0 Å². The van der Waals surface area contributed by atoms with Crippen molar-refractivity contribution in [2.75, 3.05) is 20.7 Å². The lowest BCUT2D eigenvalue weighted by Crippen LogP contribution is -2.44. The minimum absolute atomic E-state index is 0.161. The Balaban J connectivity index is 2.21. The van der Waals surface area contributed by atoms with Crippen molar-refractivity contribution in [3.05, 3.63) is 42.0 Å². The summed E-state index contributed by atoms with van der Waals surface area (Å²) in [6.45, 7) is 1.09. The zero-order valence-electron chi connectivity index (χ0n) is 12.2. The first-order valence-corrected chi connectivity index (χ1v) is 7.24. The molecule has 0 spiro atoms. The van der Waals surface area contributed by atoms with Gasteiger partial charge in [0.25, 0.3) is 0 Å². The summed E-state index contributed by atoms with van der Waals surface area (Å²) >= 11 is 0. The maximum atomic E-state index is 6.42. The number of likely N-dealkylation sites (N-methyl/N-ethyl adjacent to an activating group) is 1. The molecule has 0 radical (unpaired) electrons. The van der Waals surface area contributed by atoms with Crippen molar-refractivity contribution in [2.24, 2.45) is 5.73 Å². The summed E-state index contributed by atoms with van der Waals surface area (Å²) in [5.41, 5.74) is 7.66. The maximum absolute atomic E-state index is 6.42. The minimum Gasteiger partial charge on any atom is -0.496 e. The van der Waals surface area contributed by atoms with E-state index >= 15 is 0 Å². The van der Waals surface area contributed by atoms with E-state index in [1.165, 1.54) is 22.8 Å². The number of piperidine rings is 1. The number of hydrogen-bond donors (Lipinski definition) is 1. The molecule has 0 aliphatic carbocycles. The Kier molecular flexibility index (Phi) is 3.64. The van der Waals surface area contributed by atoms with E-state index in [1.807, 2.05) is 0 Å². The number of likely N-dealkylation sites (tertiary alicyclic amines) is 1. The number of ether oxygens (including phenoxy) is 1. The van der Waals surface area contributed by atoms with Crippen molar-refractivity contribution in [2.45, 2.75) is 24.9 Å². The molecule has 3 nitrogen and oxygen atoms in total. The predicted molar refractivity (Wildman–Crippen MR) is 83.1 cm³/mol. The van der Waals surface area contributed by atoms with Gasteiger partial charge in [-0.05, 0) is 43.3 Å². The normalized spacial score (nSPS) is 23.9. The highest BCUT2D eigenvalue weighted by molar-refractivity contribution is 5.88. The topological polar surface area (TPSA) is 38.5 Å². The highest BCUT2D eigenvalue weighted by Crippen LogP contribution is 2.39. The Bertz CT molecular complexity index is 601. The fourth-order valence-corrected chi connectivity index (χ4v) is 3.39. The average Bonchev–Trinajstić information content (AvgIpc) is 2.47. The van der Waals surface area contributed by atoms with Crippen LogP contribution in [-0.2, 0) is 0 Å². The van der Waals surface area contributed by atoms with Gasteiger partial charge in [-0.1, -0.05) is 30.3 Å². The first kappa shape index (κ1) is 13.4. The number of nitrogens with zero attached hydrogens (tertiary/aromatic N) is 1. The van der Waals surface area contributed by atoms with Crippen molar-refractivity contribution in [1.29, 1.82) is 0 Å². The molecule has 0 saturated carbocycles. The lowest BCUT2D eigenvalue weighted by molar-refractivity contribution is 0.161. The van der Waals surface area contributed by atoms with Crippen LogP contribution in [0.3, 0.4) is 0 Å². The number of methoxy groups -OCH3 is 1. The molecule has 1 aliphatic heterocycles. The third-order valence-corrected chi connectivity index (χ3v) is 4.38. The minimum atomic E-state index is 0.161. The van der Waals surface area contributed by atoms with Crippen LogP contribution < -0.4 is 10.5 Å². The summed E-state index contributed by atoms with van der Waals surface area (Å²) in [5, 5.41) is 2.50. The van der Waals surface area contributed by atoms with Crippen molar-refractivity contribution in [1.82, 2.24) is 4.90 Å². The van der Waals surface area contributed by atoms with Crippen LogP contribution in [0.5, 0.6) is 5.75 Å². The summed E-state index contributed by atoms with van der Waals surface area (Å²) in [5.74, 6) is 0.943. The zero-order chi connectivity index (χ0) is 14.1. The molecule has 2 aromatic rings. The van der Waals surface area contributed by atoms with Crippen LogP contribution in [0.1, 0.15) is 24.4 Å². The summed E-state index contributed by atoms with van der Waals surface area (Å²) in [7, 11) is 3.90. The van der Waals surface area contributed by atoms with Gasteiger partial charge in [0.2, 0.25) is 0 Å². The average molecular weight is 270 g/mol. The Morgan fingerprint density at radius 2 is 2.00 bits per heavy atom. The van der Waals surface area contributed by atoms with Gasteiger partial charge in [0.1, 0.15) is 5.75 Å². The molecular weight excluding hydrogens is 248 g/mol. The van der Waals surface area contributed by atoms with Gasteiger partial charge >= 0.3 is 0 Å². The van der Waals surface area contributed by atoms with Gasteiger partial charge in [-0.3, -0.25) is 4.90 Å². The predicted octanol–water partition coefficient (Wildman–Crippen LogP) is 2.94. The molecule has 2 unspecified atom stereocenters. The van der Waals surface area contributed by atoms with Gasteiger partial charge < -0.3 is 10.5 Å². The Morgan fingerprint density at radius 1 is 1.20 bits per heavy atom. The molecular formula is C17H22N2O. The Labute approximate surface area is 120 Å². The number of benzene rings is 2. The Morgan fingerprint density at radius 3 is 2.75 bits per heavy atom. The molecule has 3 heteroatoms. The van der Waals surface area contributed by atoms with Crippen molar-refractivity contribution in [3.63, 3.8) is 0 Å². The molecule has 0 amide bonds. The molecule has 1 fully saturated rings. The van der Waals surface area contributed by atoms with Crippen LogP contribution in [0.2, 0.25) is 0 Å². The van der Waals surface area contributed by atoms with E-state index in [-0.39, 0.29) is 12.1 Å². The van der Waals surface area contributed by atoms with Crippen molar-refractivity contribution >= 4 is 10.8 Å². The number of rotatable bonds is 2. The molecule has 3 rings (SSSR count). The molecule has 20 heavy (non-hydrogen) atoms. The van der Waals surface area contributed by atoms with Gasteiger partial charge in [0, 0.05) is 11.6 Å². The molecule has 2 N–H and O–H groups in total. The molecule has 1 heterocycles. The van der Waals surface area contributed by atoms with Gasteiger partial charge in [-0.15, -0.1) is 0 Å². The highest BCUT2D eigenvalue weighted by atomic mass is 16.5. The molecule has 2 aromatic carbocycles. The van der Waals surface area contributed by atoms with Crippen molar-refractivity contribution < 1.29 is 4.74 Å². The second kappa shape index (κ2) is 5.43. The third-order valence-electron chi connectivity index (χ3n) is 4.38. The smallest absolute Gasteiger partial charge is 0.124 e. The quantitative estimate of drug-likeness (QED) is 0.912. The molecule has 0 bridgehead atoms. The van der Waals surface area contributed by atoms with Gasteiger partial charge in [-0.2, -0.15) is 0 Å². The highest BCUT2D eigenvalue weighted by Gasteiger charge is 2.31. The lowest BCUT2D eigenvalue weighted by atomic mass is 9.88. The maximum Gasteiger partial charge on any atom is 0.124 e. The van der Waals surface area contributed by atoms with Crippen LogP contribution in [0.4, 0.5) is 0 Å². The van der Waals surface area contributed by atoms with Crippen LogP contribution >= 0.6 is 0 Å². The van der Waals surface area contributed by atoms with E-state index in [1.54, 1.807) is 7.11 Å². The van der Waals surface area contributed by atoms with Crippen molar-refractivity contribution in [3.8, 4) is 5.75 Å². The van der Waals surface area contributed by atoms with Crippen LogP contribution in [0.25, 0.3) is 10.8 Å². The third kappa shape index (κ3) is 2.17. The number of hydrogen-bond acceptors (Lipinski definition) is 3. The largest absolute Gasteiger partial charge is 0.496 e. The monoisotopic (exact) mass is 270 g/mol. The van der Waals surface area contributed by atoms with Gasteiger partial charge in [0.15, 0.2) is 0 Å². The number of nitrogens with two attached hydrogens (primary N) is 1. The van der Waals surface area contributed by atoms with Crippen LogP contribution in [-0.4, -0.2) is 31.6 Å². The fraction of sp³-hybridized carbons (Fsp3) is 0.412. The summed E-state index contributed by atoms with van der Waals surface area (Å²) < 4.78 is 5.62. The van der Waals surface area contributed by atoms with Crippen LogP contribution in [0.15, 0.2) is 36.4 Å². The second-order valence-corrected chi connectivity index (χ2v) is 5.63. The zero-order valence-corrected chi connectivity index (χ0v) is 12.2. The van der Waals surface area contributed by atoms with E-state index in [9.17, 15) is 0 Å². The van der Waals surface area contributed by atoms with E-state index in [2.05, 4.69) is 48.3 Å². The lowest BCUT2D eigenvalue weighted by Gasteiger charge is -2.38. The standard InChI is InChI=1S/C17H22N2O/c1-19-11-5-8-14(18)17(19)16-13-7-4-3-6-12(13)9-10-15(16)20-2/h3-4,6-7,9-10,14,17H,5,8,11,18H2,1-2H3.